The number of carbonyl (C=O) groups is 2. The minimum Gasteiger partial charge on any atom is -0.493 e. The lowest BCUT2D eigenvalue weighted by molar-refractivity contribution is -0.138. The summed E-state index contributed by atoms with van der Waals surface area (Å²) in [6, 6.07) is 11.5. The number of ketones is 1. The molecule has 1 aliphatic carbocycles. The molecule has 0 spiro atoms. The van der Waals surface area contributed by atoms with Gasteiger partial charge in [0.25, 0.3) is 0 Å². The number of dihydropyridines is 1. The fraction of sp³-hybridized carbons (Fsp3) is 0.379. The summed E-state index contributed by atoms with van der Waals surface area (Å²) in [4.78, 5) is 26.5. The van der Waals surface area contributed by atoms with E-state index in [1.165, 1.54) is 12.1 Å². The zero-order valence-electron chi connectivity index (χ0n) is 21.4. The summed E-state index contributed by atoms with van der Waals surface area (Å²) in [6.07, 6.45) is 1.10. The van der Waals surface area contributed by atoms with Crippen LogP contribution >= 0.6 is 0 Å². The molecule has 0 radical (unpaired) electrons. The molecule has 0 aromatic heterocycles. The van der Waals surface area contributed by atoms with Gasteiger partial charge in [-0.1, -0.05) is 32.0 Å². The van der Waals surface area contributed by atoms with Gasteiger partial charge in [-0.2, -0.15) is 0 Å². The standard InChI is InChI=1S/C29H32FNO5/c1-6-35-28(33)25-17(2)31-21-14-29(3,4)15-22(32)27(21)26(25)19-9-12-23(24(13-19)34-5)36-16-18-7-10-20(30)11-8-18/h7-13,26,31H,6,14-16H2,1-5H3/t26-/m0/s1. The highest BCUT2D eigenvalue weighted by Crippen LogP contribution is 2.48. The van der Waals surface area contributed by atoms with Crippen LogP contribution in [0.5, 0.6) is 11.5 Å². The van der Waals surface area contributed by atoms with Gasteiger partial charge >= 0.3 is 5.97 Å². The number of allylic oxidation sites excluding steroid dienone is 3. The summed E-state index contributed by atoms with van der Waals surface area (Å²) in [5, 5.41) is 3.33. The van der Waals surface area contributed by atoms with Crippen LogP contribution in [0, 0.1) is 11.2 Å². The second-order valence-corrected chi connectivity index (χ2v) is 9.98. The Labute approximate surface area is 211 Å². The third-order valence-electron chi connectivity index (χ3n) is 6.56. The maximum Gasteiger partial charge on any atom is 0.336 e. The Hall–Kier alpha value is -3.61. The number of carbonyl (C=O) groups excluding carboxylic acids is 2. The SMILES string of the molecule is CCOC(=O)C1=C(C)NC2=C(C(=O)CC(C)(C)C2)[C@H]1c1ccc(OCc2ccc(F)cc2)c(OC)c1. The fourth-order valence-electron chi connectivity index (χ4n) is 4.97. The number of hydrogen-bond donors (Lipinski definition) is 1. The molecule has 2 aliphatic rings. The molecule has 6 nitrogen and oxygen atoms in total. The van der Waals surface area contributed by atoms with Crippen LogP contribution in [0.25, 0.3) is 0 Å². The van der Waals surface area contributed by atoms with Crippen LogP contribution < -0.4 is 14.8 Å². The quantitative estimate of drug-likeness (QED) is 0.508. The molecule has 0 saturated carbocycles. The van der Waals surface area contributed by atoms with Crippen molar-refractivity contribution < 1.29 is 28.2 Å². The Morgan fingerprint density at radius 2 is 1.83 bits per heavy atom. The predicted molar refractivity (Wildman–Crippen MR) is 134 cm³/mol. The van der Waals surface area contributed by atoms with Gasteiger partial charge in [0.05, 0.1) is 19.3 Å². The highest BCUT2D eigenvalue weighted by atomic mass is 19.1. The molecule has 190 valence electrons. The normalized spacial score (nSPS) is 18.9. The first kappa shape index (κ1) is 25.5. The van der Waals surface area contributed by atoms with Gasteiger partial charge in [-0.15, -0.1) is 0 Å². The molecule has 1 heterocycles. The van der Waals surface area contributed by atoms with E-state index < -0.39 is 11.9 Å². The highest BCUT2D eigenvalue weighted by molar-refractivity contribution is 6.04. The number of halogens is 1. The fourth-order valence-corrected chi connectivity index (χ4v) is 4.97. The van der Waals surface area contributed by atoms with Crippen LogP contribution in [-0.2, 0) is 20.9 Å². The van der Waals surface area contributed by atoms with E-state index in [0.29, 0.717) is 41.2 Å². The van der Waals surface area contributed by atoms with Gasteiger partial charge in [-0.05, 0) is 61.1 Å². The molecular formula is C29H32FNO5. The Morgan fingerprint density at radius 1 is 1.11 bits per heavy atom. The van der Waals surface area contributed by atoms with Crippen molar-refractivity contribution >= 4 is 11.8 Å². The second-order valence-electron chi connectivity index (χ2n) is 9.98. The average molecular weight is 494 g/mol. The van der Waals surface area contributed by atoms with E-state index in [0.717, 1.165) is 16.8 Å². The smallest absolute Gasteiger partial charge is 0.336 e. The summed E-state index contributed by atoms with van der Waals surface area (Å²) in [5.41, 5.74) is 3.93. The van der Waals surface area contributed by atoms with Crippen molar-refractivity contribution in [3.8, 4) is 11.5 Å². The Bertz CT molecular complexity index is 1240. The zero-order valence-corrected chi connectivity index (χ0v) is 21.4. The Kier molecular flexibility index (Phi) is 7.20. The molecule has 2 aromatic carbocycles. The Balaban J connectivity index is 1.73. The van der Waals surface area contributed by atoms with Crippen molar-refractivity contribution in [3.63, 3.8) is 0 Å². The number of benzene rings is 2. The van der Waals surface area contributed by atoms with Crippen molar-refractivity contribution in [2.24, 2.45) is 5.41 Å². The van der Waals surface area contributed by atoms with Crippen molar-refractivity contribution in [2.45, 2.75) is 53.1 Å². The molecule has 0 saturated heterocycles. The molecule has 0 fully saturated rings. The van der Waals surface area contributed by atoms with Gasteiger partial charge in [0.1, 0.15) is 12.4 Å². The summed E-state index contributed by atoms with van der Waals surface area (Å²) in [6.45, 7) is 8.21. The van der Waals surface area contributed by atoms with Crippen LogP contribution in [-0.4, -0.2) is 25.5 Å². The van der Waals surface area contributed by atoms with Crippen molar-refractivity contribution in [1.29, 1.82) is 0 Å². The number of nitrogens with one attached hydrogen (secondary N) is 1. The molecule has 0 unspecified atom stereocenters. The molecule has 4 rings (SSSR count). The first-order valence-electron chi connectivity index (χ1n) is 12.1. The third-order valence-corrected chi connectivity index (χ3v) is 6.56. The van der Waals surface area contributed by atoms with Crippen molar-refractivity contribution in [3.05, 3.63) is 81.9 Å². The maximum absolute atomic E-state index is 13.4. The van der Waals surface area contributed by atoms with Crippen LogP contribution in [0.1, 0.15) is 57.6 Å². The van der Waals surface area contributed by atoms with E-state index in [4.69, 9.17) is 14.2 Å². The summed E-state index contributed by atoms with van der Waals surface area (Å²) in [5.74, 6) is -0.347. The van der Waals surface area contributed by atoms with E-state index >= 15 is 0 Å². The number of rotatable bonds is 7. The van der Waals surface area contributed by atoms with Crippen LogP contribution in [0.15, 0.2) is 65.0 Å². The lowest BCUT2D eigenvalue weighted by Gasteiger charge is -2.39. The van der Waals surface area contributed by atoms with Crippen LogP contribution in [0.2, 0.25) is 0 Å². The summed E-state index contributed by atoms with van der Waals surface area (Å²) >= 11 is 0. The number of esters is 1. The van der Waals surface area contributed by atoms with Gasteiger partial charge in [-0.3, -0.25) is 4.79 Å². The van der Waals surface area contributed by atoms with E-state index in [-0.39, 0.29) is 30.2 Å². The van der Waals surface area contributed by atoms with Gasteiger partial charge < -0.3 is 19.5 Å². The van der Waals surface area contributed by atoms with Gasteiger partial charge in [0.2, 0.25) is 0 Å². The molecule has 1 aliphatic heterocycles. The molecular weight excluding hydrogens is 461 g/mol. The molecule has 1 atom stereocenters. The molecule has 7 heteroatoms. The second kappa shape index (κ2) is 10.2. The van der Waals surface area contributed by atoms with Gasteiger partial charge in [-0.25, -0.2) is 9.18 Å². The van der Waals surface area contributed by atoms with Gasteiger partial charge in [0.15, 0.2) is 17.3 Å². The monoisotopic (exact) mass is 493 g/mol. The average Bonchev–Trinajstić information content (AvgIpc) is 2.82. The number of methoxy groups -OCH3 is 1. The summed E-state index contributed by atoms with van der Waals surface area (Å²) in [7, 11) is 1.54. The first-order chi connectivity index (χ1) is 17.1. The number of ether oxygens (including phenoxy) is 3. The Morgan fingerprint density at radius 3 is 2.50 bits per heavy atom. The molecule has 36 heavy (non-hydrogen) atoms. The molecule has 0 amide bonds. The van der Waals surface area contributed by atoms with Crippen molar-refractivity contribution in [1.82, 2.24) is 5.32 Å². The molecule has 0 bridgehead atoms. The van der Waals surface area contributed by atoms with E-state index in [1.54, 1.807) is 38.3 Å². The minimum atomic E-state index is -0.580. The topological polar surface area (TPSA) is 73.9 Å². The van der Waals surface area contributed by atoms with Gasteiger partial charge in [0, 0.05) is 29.3 Å². The zero-order chi connectivity index (χ0) is 26.0. The predicted octanol–water partition coefficient (Wildman–Crippen LogP) is 5.58. The minimum absolute atomic E-state index is 0.0173. The lowest BCUT2D eigenvalue weighted by atomic mass is 9.68. The third kappa shape index (κ3) is 5.15. The first-order valence-corrected chi connectivity index (χ1v) is 12.1. The molecule has 1 N–H and O–H groups in total. The van der Waals surface area contributed by atoms with E-state index in [9.17, 15) is 14.0 Å². The number of Topliss-reactive ketones (excluding diaryl/α,β-unsaturated/α-hetero) is 1. The highest BCUT2D eigenvalue weighted by Gasteiger charge is 2.43. The van der Waals surface area contributed by atoms with E-state index in [1.807, 2.05) is 13.0 Å². The number of hydrogen-bond acceptors (Lipinski definition) is 6. The van der Waals surface area contributed by atoms with Crippen molar-refractivity contribution in [2.75, 3.05) is 13.7 Å². The van der Waals surface area contributed by atoms with E-state index in [2.05, 4.69) is 19.2 Å². The van der Waals surface area contributed by atoms with Crippen LogP contribution in [0.3, 0.4) is 0 Å². The molecule has 2 aromatic rings. The maximum atomic E-state index is 13.4. The largest absolute Gasteiger partial charge is 0.493 e. The lowest BCUT2D eigenvalue weighted by Crippen LogP contribution is -2.38. The summed E-state index contributed by atoms with van der Waals surface area (Å²) < 4.78 is 30.2. The van der Waals surface area contributed by atoms with Crippen LogP contribution in [0.4, 0.5) is 4.39 Å².